The maximum atomic E-state index is 13.4. The van der Waals surface area contributed by atoms with Gasteiger partial charge in [0.05, 0.1) is 17.4 Å². The molecule has 0 aliphatic carbocycles. The lowest BCUT2D eigenvalue weighted by atomic mass is 9.84. The van der Waals surface area contributed by atoms with Crippen LogP contribution in [0.5, 0.6) is 0 Å². The molecule has 2 aromatic carbocycles. The van der Waals surface area contributed by atoms with Crippen LogP contribution in [0.25, 0.3) is 5.69 Å². The predicted molar refractivity (Wildman–Crippen MR) is 90.1 cm³/mol. The minimum absolute atomic E-state index is 0.0276. The first kappa shape index (κ1) is 17.3. The number of halogens is 4. The first-order valence-electron chi connectivity index (χ1n) is 8.14. The van der Waals surface area contributed by atoms with Gasteiger partial charge in [0.25, 0.3) is 0 Å². The first-order valence-corrected chi connectivity index (χ1v) is 8.14. The number of fused-ring (bicyclic) bond motifs is 1. The fourth-order valence-electron chi connectivity index (χ4n) is 3.33. The number of nitrogens with one attached hydrogen (secondary N) is 1. The monoisotopic (exact) mass is 375 g/mol. The van der Waals surface area contributed by atoms with Crippen LogP contribution >= 0.6 is 0 Å². The Morgan fingerprint density at radius 2 is 1.74 bits per heavy atom. The van der Waals surface area contributed by atoms with Gasteiger partial charge in [0, 0.05) is 17.9 Å². The fraction of sp³-hybridized carbons (Fsp3) is 0.158. The van der Waals surface area contributed by atoms with Gasteiger partial charge in [-0.15, -0.1) is 0 Å². The van der Waals surface area contributed by atoms with Crippen molar-refractivity contribution >= 4 is 11.7 Å². The Morgan fingerprint density at radius 3 is 2.44 bits per heavy atom. The topological polar surface area (TPSA) is 46.9 Å². The summed E-state index contributed by atoms with van der Waals surface area (Å²) in [6.07, 6.45) is -3.21. The maximum Gasteiger partial charge on any atom is 0.416 e. The number of anilines is 1. The largest absolute Gasteiger partial charge is 0.416 e. The molecule has 1 aliphatic rings. The molecule has 0 spiro atoms. The molecule has 0 bridgehead atoms. The van der Waals surface area contributed by atoms with Crippen molar-refractivity contribution in [3.05, 3.63) is 77.2 Å². The van der Waals surface area contributed by atoms with Crippen molar-refractivity contribution in [2.75, 3.05) is 5.32 Å². The highest BCUT2D eigenvalue weighted by atomic mass is 19.4. The van der Waals surface area contributed by atoms with E-state index in [4.69, 9.17) is 0 Å². The van der Waals surface area contributed by atoms with E-state index in [1.165, 1.54) is 53.3 Å². The molecule has 8 heteroatoms. The Hall–Kier alpha value is -3.16. The van der Waals surface area contributed by atoms with E-state index in [1.807, 2.05) is 0 Å². The zero-order valence-electron chi connectivity index (χ0n) is 13.8. The SMILES string of the molecule is O=C1C[C@@H](c2ccccc2C(F)(F)F)c2cnn(-c3ccc(F)cc3)c2N1. The molecule has 1 N–H and O–H groups in total. The lowest BCUT2D eigenvalue weighted by Gasteiger charge is -2.26. The van der Waals surface area contributed by atoms with Gasteiger partial charge in [-0.3, -0.25) is 4.79 Å². The van der Waals surface area contributed by atoms with Crippen molar-refractivity contribution in [2.24, 2.45) is 0 Å². The van der Waals surface area contributed by atoms with E-state index in [9.17, 15) is 22.4 Å². The molecule has 0 saturated heterocycles. The smallest absolute Gasteiger partial charge is 0.310 e. The van der Waals surface area contributed by atoms with E-state index in [-0.39, 0.29) is 12.0 Å². The second kappa shape index (κ2) is 6.22. The first-order chi connectivity index (χ1) is 12.8. The van der Waals surface area contributed by atoms with Crippen molar-refractivity contribution in [3.63, 3.8) is 0 Å². The Morgan fingerprint density at radius 1 is 1.04 bits per heavy atom. The molecule has 1 atom stereocenters. The Kier molecular flexibility index (Phi) is 3.98. The van der Waals surface area contributed by atoms with E-state index in [0.29, 0.717) is 17.1 Å². The molecule has 3 aromatic rings. The summed E-state index contributed by atoms with van der Waals surface area (Å²) >= 11 is 0. The molecule has 1 aromatic heterocycles. The summed E-state index contributed by atoms with van der Waals surface area (Å²) in [5, 5.41) is 6.86. The quantitative estimate of drug-likeness (QED) is 0.670. The van der Waals surface area contributed by atoms with Crippen LogP contribution in [0, 0.1) is 5.82 Å². The van der Waals surface area contributed by atoms with E-state index in [2.05, 4.69) is 10.4 Å². The van der Waals surface area contributed by atoms with E-state index in [1.54, 1.807) is 0 Å². The molecular formula is C19H13F4N3O. The van der Waals surface area contributed by atoms with Gasteiger partial charge in [0.15, 0.2) is 0 Å². The molecule has 0 radical (unpaired) electrons. The van der Waals surface area contributed by atoms with Crippen molar-refractivity contribution in [1.82, 2.24) is 9.78 Å². The number of carbonyl (C=O) groups is 1. The van der Waals surface area contributed by atoms with Gasteiger partial charge >= 0.3 is 6.18 Å². The molecule has 2 heterocycles. The van der Waals surface area contributed by atoms with E-state index in [0.717, 1.165) is 6.07 Å². The average molecular weight is 375 g/mol. The van der Waals surface area contributed by atoms with Gasteiger partial charge in [-0.05, 0) is 35.9 Å². The maximum absolute atomic E-state index is 13.4. The Bertz CT molecular complexity index is 1010. The molecule has 4 rings (SSSR count). The molecular weight excluding hydrogens is 362 g/mol. The number of aromatic nitrogens is 2. The second-order valence-electron chi connectivity index (χ2n) is 6.23. The van der Waals surface area contributed by atoms with E-state index < -0.39 is 29.4 Å². The molecule has 1 aliphatic heterocycles. The number of carbonyl (C=O) groups excluding carboxylic acids is 1. The fourth-order valence-corrected chi connectivity index (χ4v) is 3.33. The lowest BCUT2D eigenvalue weighted by Crippen LogP contribution is -2.26. The van der Waals surface area contributed by atoms with Crippen LogP contribution in [0.4, 0.5) is 23.4 Å². The van der Waals surface area contributed by atoms with Crippen LogP contribution in [0.1, 0.15) is 29.0 Å². The molecule has 0 unspecified atom stereocenters. The van der Waals surface area contributed by atoms with Crippen LogP contribution in [0.2, 0.25) is 0 Å². The van der Waals surface area contributed by atoms with Crippen molar-refractivity contribution in [3.8, 4) is 5.69 Å². The number of nitrogens with zero attached hydrogens (tertiary/aromatic N) is 2. The highest BCUT2D eigenvalue weighted by Gasteiger charge is 2.38. The normalized spacial score (nSPS) is 16.7. The van der Waals surface area contributed by atoms with Crippen LogP contribution in [0.3, 0.4) is 0 Å². The number of hydrogen-bond acceptors (Lipinski definition) is 2. The van der Waals surface area contributed by atoms with Crippen LogP contribution in [-0.2, 0) is 11.0 Å². The third-order valence-corrected chi connectivity index (χ3v) is 4.53. The van der Waals surface area contributed by atoms with Gasteiger partial charge < -0.3 is 5.32 Å². The third kappa shape index (κ3) is 3.07. The lowest BCUT2D eigenvalue weighted by molar-refractivity contribution is -0.138. The zero-order chi connectivity index (χ0) is 19.2. The summed E-state index contributed by atoms with van der Waals surface area (Å²) in [5.74, 6) is -1.32. The average Bonchev–Trinajstić information content (AvgIpc) is 3.04. The van der Waals surface area contributed by atoms with Gasteiger partial charge in [-0.2, -0.15) is 18.3 Å². The highest BCUT2D eigenvalue weighted by Crippen LogP contribution is 2.43. The standard InChI is InChI=1S/C19H13F4N3O/c20-11-5-7-12(8-6-11)26-18-15(10-24-26)14(9-17(27)25-18)13-3-1-2-4-16(13)19(21,22)23/h1-8,10,14H,9H2,(H,25,27)/t14-/m0/s1. The highest BCUT2D eigenvalue weighted by molar-refractivity contribution is 5.94. The Balaban J connectivity index is 1.84. The van der Waals surface area contributed by atoms with Gasteiger partial charge in [0.2, 0.25) is 5.91 Å². The van der Waals surface area contributed by atoms with Crippen LogP contribution < -0.4 is 5.32 Å². The number of benzene rings is 2. The molecule has 27 heavy (non-hydrogen) atoms. The second-order valence-corrected chi connectivity index (χ2v) is 6.23. The summed E-state index contributed by atoms with van der Waals surface area (Å²) < 4.78 is 54.8. The number of hydrogen-bond donors (Lipinski definition) is 1. The van der Waals surface area contributed by atoms with Crippen LogP contribution in [-0.4, -0.2) is 15.7 Å². The summed E-state index contributed by atoms with van der Waals surface area (Å²) in [4.78, 5) is 12.2. The molecule has 0 fully saturated rings. The molecule has 138 valence electrons. The minimum Gasteiger partial charge on any atom is -0.310 e. The molecule has 0 saturated carbocycles. The summed E-state index contributed by atoms with van der Waals surface area (Å²) in [6.45, 7) is 0. The van der Waals surface area contributed by atoms with E-state index >= 15 is 0 Å². The third-order valence-electron chi connectivity index (χ3n) is 4.53. The van der Waals surface area contributed by atoms with Gasteiger partial charge in [-0.1, -0.05) is 18.2 Å². The number of alkyl halides is 3. The summed E-state index contributed by atoms with van der Waals surface area (Å²) in [5.41, 5.74) is 0.225. The van der Waals surface area contributed by atoms with Crippen molar-refractivity contribution in [2.45, 2.75) is 18.5 Å². The Labute approximate surface area is 151 Å². The summed E-state index contributed by atoms with van der Waals surface area (Å²) in [7, 11) is 0. The van der Waals surface area contributed by atoms with Gasteiger partial charge in [-0.25, -0.2) is 9.07 Å². The van der Waals surface area contributed by atoms with Crippen molar-refractivity contribution in [1.29, 1.82) is 0 Å². The zero-order valence-corrected chi connectivity index (χ0v) is 13.8. The van der Waals surface area contributed by atoms with Crippen molar-refractivity contribution < 1.29 is 22.4 Å². The molecule has 1 amide bonds. The molecule has 4 nitrogen and oxygen atoms in total. The number of rotatable bonds is 2. The predicted octanol–water partition coefficient (Wildman–Crippen LogP) is 4.50. The summed E-state index contributed by atoms with van der Waals surface area (Å²) in [6, 6.07) is 10.6. The minimum atomic E-state index is -4.53. The van der Waals surface area contributed by atoms with Gasteiger partial charge in [0.1, 0.15) is 11.6 Å². The number of amides is 1. The van der Waals surface area contributed by atoms with Crippen LogP contribution in [0.15, 0.2) is 54.7 Å².